The number of imidazole rings is 1. The van der Waals surface area contributed by atoms with Crippen molar-refractivity contribution in [2.45, 2.75) is 20.8 Å². The molecule has 120 valence electrons. The number of thiophene rings is 1. The number of nitrogens with zero attached hydrogens (tertiary/aromatic N) is 2. The quantitative estimate of drug-likeness (QED) is 0.518. The molecule has 0 aliphatic carbocycles. The average Bonchev–Trinajstić information content (AvgIpc) is 3.18. The SMILES string of the molecule is Cc1ccc2nc(-c3cccs3)c(Nc3c(C)cccc3C)n2c1. The molecule has 1 aromatic carbocycles. The zero-order valence-electron chi connectivity index (χ0n) is 14.0. The highest BCUT2D eigenvalue weighted by atomic mass is 32.1. The molecular weight excluding hydrogens is 314 g/mol. The molecule has 3 heterocycles. The molecule has 4 rings (SSSR count). The van der Waals surface area contributed by atoms with E-state index in [0.717, 1.165) is 22.8 Å². The van der Waals surface area contributed by atoms with E-state index in [-0.39, 0.29) is 0 Å². The van der Waals surface area contributed by atoms with E-state index in [0.29, 0.717) is 0 Å². The van der Waals surface area contributed by atoms with Gasteiger partial charge in [-0.2, -0.15) is 0 Å². The normalized spacial score (nSPS) is 11.1. The van der Waals surface area contributed by atoms with Crippen molar-refractivity contribution < 1.29 is 0 Å². The van der Waals surface area contributed by atoms with Crippen molar-refractivity contribution in [3.05, 3.63) is 70.7 Å². The molecule has 0 fully saturated rings. The number of hydrogen-bond donors (Lipinski definition) is 1. The van der Waals surface area contributed by atoms with Gasteiger partial charge in [0.2, 0.25) is 0 Å². The lowest BCUT2D eigenvalue weighted by atomic mass is 10.1. The van der Waals surface area contributed by atoms with Crippen molar-refractivity contribution >= 4 is 28.5 Å². The van der Waals surface area contributed by atoms with Crippen LogP contribution in [0, 0.1) is 20.8 Å². The Balaban J connectivity index is 1.95. The van der Waals surface area contributed by atoms with Gasteiger partial charge in [-0.15, -0.1) is 11.3 Å². The molecular formula is C20H19N3S. The Labute approximate surface area is 145 Å². The lowest BCUT2D eigenvalue weighted by Gasteiger charge is -2.13. The van der Waals surface area contributed by atoms with Gasteiger partial charge in [0.05, 0.1) is 4.88 Å². The molecule has 0 aliphatic rings. The van der Waals surface area contributed by atoms with Gasteiger partial charge in [-0.25, -0.2) is 4.98 Å². The third-order valence-electron chi connectivity index (χ3n) is 4.25. The molecule has 0 spiro atoms. The second kappa shape index (κ2) is 5.80. The second-order valence-electron chi connectivity index (χ2n) is 6.11. The molecule has 24 heavy (non-hydrogen) atoms. The fourth-order valence-electron chi connectivity index (χ4n) is 2.99. The molecule has 0 aliphatic heterocycles. The number of nitrogens with one attached hydrogen (secondary N) is 1. The van der Waals surface area contributed by atoms with Crippen LogP contribution in [0.1, 0.15) is 16.7 Å². The summed E-state index contributed by atoms with van der Waals surface area (Å²) in [5, 5.41) is 5.75. The number of fused-ring (bicyclic) bond motifs is 1. The minimum Gasteiger partial charge on any atom is -0.339 e. The highest BCUT2D eigenvalue weighted by molar-refractivity contribution is 7.13. The minimum atomic E-state index is 0.956. The Morgan fingerprint density at radius 1 is 0.958 bits per heavy atom. The van der Waals surface area contributed by atoms with E-state index < -0.39 is 0 Å². The van der Waals surface area contributed by atoms with E-state index in [1.165, 1.54) is 21.6 Å². The first kappa shape index (κ1) is 15.0. The standard InChI is InChI=1S/C20H19N3S/c1-13-9-10-17-21-19(16-8-5-11-24-16)20(23(17)12-13)22-18-14(2)6-4-7-15(18)3/h4-12,22H,1-3H3. The highest BCUT2D eigenvalue weighted by Crippen LogP contribution is 2.35. The maximum Gasteiger partial charge on any atom is 0.144 e. The van der Waals surface area contributed by atoms with Crippen molar-refractivity contribution in [2.24, 2.45) is 0 Å². The molecule has 0 saturated carbocycles. The van der Waals surface area contributed by atoms with Gasteiger partial charge < -0.3 is 5.32 Å². The molecule has 0 amide bonds. The van der Waals surface area contributed by atoms with Gasteiger partial charge in [-0.3, -0.25) is 4.40 Å². The van der Waals surface area contributed by atoms with E-state index in [2.05, 4.69) is 84.5 Å². The van der Waals surface area contributed by atoms with E-state index in [1.54, 1.807) is 11.3 Å². The smallest absolute Gasteiger partial charge is 0.144 e. The summed E-state index contributed by atoms with van der Waals surface area (Å²) >= 11 is 1.71. The third kappa shape index (κ3) is 2.49. The van der Waals surface area contributed by atoms with Crippen LogP contribution in [0.3, 0.4) is 0 Å². The van der Waals surface area contributed by atoms with Gasteiger partial charge in [0.25, 0.3) is 0 Å². The summed E-state index contributed by atoms with van der Waals surface area (Å²) in [4.78, 5) is 6.03. The number of para-hydroxylation sites is 1. The number of benzene rings is 1. The van der Waals surface area contributed by atoms with Crippen LogP contribution < -0.4 is 5.32 Å². The van der Waals surface area contributed by atoms with Crippen LogP contribution in [0.25, 0.3) is 16.2 Å². The lowest BCUT2D eigenvalue weighted by Crippen LogP contribution is -2.00. The number of aromatic nitrogens is 2. The number of rotatable bonds is 3. The van der Waals surface area contributed by atoms with Crippen LogP contribution in [0.5, 0.6) is 0 Å². The zero-order chi connectivity index (χ0) is 16.7. The van der Waals surface area contributed by atoms with Crippen molar-refractivity contribution in [1.29, 1.82) is 0 Å². The maximum absolute atomic E-state index is 4.86. The molecule has 4 aromatic rings. The Morgan fingerprint density at radius 2 is 1.75 bits per heavy atom. The van der Waals surface area contributed by atoms with Crippen LogP contribution in [0.4, 0.5) is 11.5 Å². The van der Waals surface area contributed by atoms with E-state index in [4.69, 9.17) is 4.98 Å². The average molecular weight is 333 g/mol. The number of anilines is 2. The number of pyridine rings is 1. The highest BCUT2D eigenvalue weighted by Gasteiger charge is 2.16. The summed E-state index contributed by atoms with van der Waals surface area (Å²) in [6.07, 6.45) is 2.13. The van der Waals surface area contributed by atoms with Crippen molar-refractivity contribution in [3.8, 4) is 10.6 Å². The maximum atomic E-state index is 4.86. The Hall–Kier alpha value is -2.59. The predicted octanol–water partition coefficient (Wildman–Crippen LogP) is 5.73. The van der Waals surface area contributed by atoms with E-state index >= 15 is 0 Å². The first-order valence-corrected chi connectivity index (χ1v) is 8.87. The van der Waals surface area contributed by atoms with E-state index in [1.807, 2.05) is 0 Å². The third-order valence-corrected chi connectivity index (χ3v) is 5.12. The Kier molecular flexibility index (Phi) is 3.62. The molecule has 3 aromatic heterocycles. The van der Waals surface area contributed by atoms with E-state index in [9.17, 15) is 0 Å². The van der Waals surface area contributed by atoms with Crippen LogP contribution in [-0.2, 0) is 0 Å². The molecule has 4 heteroatoms. The summed E-state index contributed by atoms with van der Waals surface area (Å²) in [7, 11) is 0. The molecule has 0 atom stereocenters. The molecule has 0 unspecified atom stereocenters. The zero-order valence-corrected chi connectivity index (χ0v) is 14.8. The van der Waals surface area contributed by atoms with Crippen LogP contribution in [0.2, 0.25) is 0 Å². The summed E-state index contributed by atoms with van der Waals surface area (Å²) in [5.74, 6) is 1.02. The van der Waals surface area contributed by atoms with Crippen LogP contribution in [0.15, 0.2) is 54.0 Å². The minimum absolute atomic E-state index is 0.956. The molecule has 0 saturated heterocycles. The predicted molar refractivity (Wildman–Crippen MR) is 102 cm³/mol. The van der Waals surface area contributed by atoms with Gasteiger partial charge >= 0.3 is 0 Å². The Bertz CT molecular complexity index is 993. The van der Waals surface area contributed by atoms with Gasteiger partial charge in [0.15, 0.2) is 0 Å². The molecule has 0 bridgehead atoms. The summed E-state index contributed by atoms with van der Waals surface area (Å²) in [5.41, 5.74) is 6.78. The monoisotopic (exact) mass is 333 g/mol. The number of hydrogen-bond acceptors (Lipinski definition) is 3. The second-order valence-corrected chi connectivity index (χ2v) is 7.06. The largest absolute Gasteiger partial charge is 0.339 e. The molecule has 1 N–H and O–H groups in total. The van der Waals surface area contributed by atoms with Crippen molar-refractivity contribution in [3.63, 3.8) is 0 Å². The van der Waals surface area contributed by atoms with Crippen LogP contribution >= 0.6 is 11.3 Å². The summed E-state index contributed by atoms with van der Waals surface area (Å²) in [6, 6.07) is 14.7. The molecule has 0 radical (unpaired) electrons. The molecule has 3 nitrogen and oxygen atoms in total. The number of aryl methyl sites for hydroxylation is 3. The topological polar surface area (TPSA) is 29.3 Å². The van der Waals surface area contributed by atoms with Crippen molar-refractivity contribution in [1.82, 2.24) is 9.38 Å². The van der Waals surface area contributed by atoms with Gasteiger partial charge in [-0.05, 0) is 55.0 Å². The van der Waals surface area contributed by atoms with Gasteiger partial charge in [0.1, 0.15) is 17.2 Å². The summed E-state index contributed by atoms with van der Waals surface area (Å²) < 4.78 is 2.15. The van der Waals surface area contributed by atoms with Crippen molar-refractivity contribution in [2.75, 3.05) is 5.32 Å². The first-order chi connectivity index (χ1) is 11.6. The van der Waals surface area contributed by atoms with Gasteiger partial charge in [-0.1, -0.05) is 30.3 Å². The Morgan fingerprint density at radius 3 is 2.46 bits per heavy atom. The van der Waals surface area contributed by atoms with Crippen LogP contribution in [-0.4, -0.2) is 9.38 Å². The fraction of sp³-hybridized carbons (Fsp3) is 0.150. The van der Waals surface area contributed by atoms with Gasteiger partial charge in [0, 0.05) is 11.9 Å². The fourth-order valence-corrected chi connectivity index (χ4v) is 3.70. The summed E-state index contributed by atoms with van der Waals surface area (Å²) in [6.45, 7) is 6.37. The first-order valence-electron chi connectivity index (χ1n) is 7.99. The lowest BCUT2D eigenvalue weighted by molar-refractivity contribution is 1.15.